The molecule has 0 heterocycles. The van der Waals surface area contributed by atoms with Crippen molar-refractivity contribution < 1.29 is 23.8 Å². The average Bonchev–Trinajstić information content (AvgIpc) is 3.41. The molecule has 5 saturated carbocycles. The summed E-state index contributed by atoms with van der Waals surface area (Å²) in [7, 11) is 0. The molecule has 6 heteroatoms. The smallest absolute Gasteiger partial charge is 0.322 e. The highest BCUT2D eigenvalue weighted by atomic mass is 19.1. The van der Waals surface area contributed by atoms with Crippen molar-refractivity contribution in [3.05, 3.63) is 29.1 Å². The van der Waals surface area contributed by atoms with Crippen LogP contribution in [-0.4, -0.2) is 30.1 Å². The lowest BCUT2D eigenvalue weighted by molar-refractivity contribution is -0.135. The van der Waals surface area contributed by atoms with Gasteiger partial charge >= 0.3 is 5.97 Å². The van der Waals surface area contributed by atoms with Gasteiger partial charge in [0.1, 0.15) is 18.1 Å². The van der Waals surface area contributed by atoms with Gasteiger partial charge < -0.3 is 15.2 Å². The van der Waals surface area contributed by atoms with Crippen LogP contribution in [0.4, 0.5) is 4.39 Å². The third-order valence-electron chi connectivity index (χ3n) is 7.44. The molecule has 5 nitrogen and oxygen atoms in total. The van der Waals surface area contributed by atoms with E-state index in [1.807, 2.05) is 0 Å². The lowest BCUT2D eigenvalue weighted by atomic mass is 9.76. The first kappa shape index (κ1) is 18.0. The fourth-order valence-electron chi connectivity index (χ4n) is 6.26. The van der Waals surface area contributed by atoms with Crippen LogP contribution in [0.25, 0.3) is 0 Å². The SMILES string of the molecule is O=C(O)CNC(=O)c1cc(C2CC2)c(OCC23CC4CC(CC2C4)C3)cc1F. The number of amides is 1. The predicted molar refractivity (Wildman–Crippen MR) is 99.8 cm³/mol. The van der Waals surface area contributed by atoms with E-state index in [9.17, 15) is 14.0 Å². The van der Waals surface area contributed by atoms with Crippen LogP contribution in [0.15, 0.2) is 12.1 Å². The van der Waals surface area contributed by atoms with Gasteiger partial charge in [-0.1, -0.05) is 0 Å². The van der Waals surface area contributed by atoms with Crippen LogP contribution in [0, 0.1) is 29.0 Å². The lowest BCUT2D eigenvalue weighted by Crippen LogP contribution is -2.31. The van der Waals surface area contributed by atoms with Crippen LogP contribution >= 0.6 is 0 Å². The Morgan fingerprint density at radius 1 is 1.18 bits per heavy atom. The number of carbonyl (C=O) groups excluding carboxylic acids is 1. The van der Waals surface area contributed by atoms with Gasteiger partial charge in [0.2, 0.25) is 0 Å². The number of aliphatic carboxylic acids is 1. The molecule has 2 atom stereocenters. The van der Waals surface area contributed by atoms with E-state index in [1.165, 1.54) is 38.2 Å². The van der Waals surface area contributed by atoms with Gasteiger partial charge in [-0.05, 0) is 80.2 Å². The van der Waals surface area contributed by atoms with Gasteiger partial charge in [0.05, 0.1) is 12.2 Å². The Morgan fingerprint density at radius 3 is 2.54 bits per heavy atom. The summed E-state index contributed by atoms with van der Waals surface area (Å²) >= 11 is 0. The maximum atomic E-state index is 14.6. The molecule has 28 heavy (non-hydrogen) atoms. The van der Waals surface area contributed by atoms with E-state index in [-0.39, 0.29) is 11.0 Å². The highest BCUT2D eigenvalue weighted by molar-refractivity contribution is 5.96. The van der Waals surface area contributed by atoms with Gasteiger partial charge in [-0.15, -0.1) is 0 Å². The zero-order chi connectivity index (χ0) is 19.5. The van der Waals surface area contributed by atoms with Gasteiger partial charge in [-0.3, -0.25) is 9.59 Å². The number of carboxylic acid groups (broad SMARTS) is 1. The molecule has 5 fully saturated rings. The van der Waals surface area contributed by atoms with Crippen LogP contribution in [0.1, 0.15) is 66.8 Å². The summed E-state index contributed by atoms with van der Waals surface area (Å²) in [6.45, 7) is 0.121. The van der Waals surface area contributed by atoms with Gasteiger partial charge in [0, 0.05) is 11.5 Å². The molecule has 0 radical (unpaired) electrons. The van der Waals surface area contributed by atoms with Crippen LogP contribution in [0.5, 0.6) is 5.75 Å². The second-order valence-electron chi connectivity index (χ2n) is 9.42. The monoisotopic (exact) mass is 387 g/mol. The second-order valence-corrected chi connectivity index (χ2v) is 9.42. The first-order valence-electron chi connectivity index (χ1n) is 10.4. The number of rotatable bonds is 7. The minimum atomic E-state index is -1.16. The zero-order valence-electron chi connectivity index (χ0n) is 15.9. The zero-order valence-corrected chi connectivity index (χ0v) is 15.9. The normalized spacial score (nSPS) is 32.5. The quantitative estimate of drug-likeness (QED) is 0.748. The second kappa shape index (κ2) is 6.46. The number of nitrogens with one attached hydrogen (secondary N) is 1. The van der Waals surface area contributed by atoms with Crippen molar-refractivity contribution in [2.24, 2.45) is 23.2 Å². The Hall–Kier alpha value is -2.11. The van der Waals surface area contributed by atoms with E-state index >= 15 is 0 Å². The molecule has 2 unspecified atom stereocenters. The van der Waals surface area contributed by atoms with Crippen molar-refractivity contribution in [1.29, 1.82) is 0 Å². The van der Waals surface area contributed by atoms with Crippen LogP contribution < -0.4 is 10.1 Å². The van der Waals surface area contributed by atoms with Gasteiger partial charge in [-0.2, -0.15) is 0 Å². The van der Waals surface area contributed by atoms with Crippen molar-refractivity contribution >= 4 is 11.9 Å². The number of benzene rings is 1. The van der Waals surface area contributed by atoms with Crippen molar-refractivity contribution in [3.8, 4) is 5.75 Å². The number of carbonyl (C=O) groups is 2. The molecule has 1 amide bonds. The summed E-state index contributed by atoms with van der Waals surface area (Å²) < 4.78 is 20.9. The number of carboxylic acids is 1. The van der Waals surface area contributed by atoms with E-state index in [1.54, 1.807) is 6.07 Å². The Labute approximate surface area is 163 Å². The number of hydrogen-bond donors (Lipinski definition) is 2. The predicted octanol–water partition coefficient (Wildman–Crippen LogP) is 3.72. The first-order chi connectivity index (χ1) is 13.4. The van der Waals surface area contributed by atoms with E-state index in [4.69, 9.17) is 9.84 Å². The molecule has 1 aromatic carbocycles. The summed E-state index contributed by atoms with van der Waals surface area (Å²) in [5.41, 5.74) is 1.05. The Bertz CT molecular complexity index is 820. The molecule has 0 aliphatic heterocycles. The molecule has 150 valence electrons. The molecule has 5 aliphatic rings. The van der Waals surface area contributed by atoms with Crippen LogP contribution in [-0.2, 0) is 4.79 Å². The van der Waals surface area contributed by atoms with E-state index < -0.39 is 24.2 Å². The standard InChI is InChI=1S/C22H26FNO4/c23-18-7-19(28-11-22-8-12-3-13(9-22)5-15(22)4-12)16(14-1-2-14)6-17(18)21(27)24-10-20(25)26/h6-7,12-15H,1-5,8-11H2,(H,24,27)(H,25,26). The summed E-state index contributed by atoms with van der Waals surface area (Å²) in [6.07, 6.45) is 8.53. The number of ether oxygens (including phenoxy) is 1. The Morgan fingerprint density at radius 2 is 1.89 bits per heavy atom. The molecule has 2 N–H and O–H groups in total. The van der Waals surface area contributed by atoms with Gasteiger partial charge in [0.25, 0.3) is 5.91 Å². The maximum Gasteiger partial charge on any atom is 0.322 e. The number of hydrogen-bond acceptors (Lipinski definition) is 3. The van der Waals surface area contributed by atoms with Crippen molar-refractivity contribution in [3.63, 3.8) is 0 Å². The fourth-order valence-corrected chi connectivity index (χ4v) is 6.26. The molecule has 0 aromatic heterocycles. The summed E-state index contributed by atoms with van der Waals surface area (Å²) in [5, 5.41) is 11.0. The summed E-state index contributed by atoms with van der Waals surface area (Å²) in [6, 6.07) is 2.90. The third kappa shape index (κ3) is 3.07. The van der Waals surface area contributed by atoms with Crippen molar-refractivity contribution in [2.75, 3.05) is 13.2 Å². The van der Waals surface area contributed by atoms with E-state index in [0.29, 0.717) is 18.3 Å². The van der Waals surface area contributed by atoms with Crippen molar-refractivity contribution in [2.45, 2.75) is 50.9 Å². The van der Waals surface area contributed by atoms with Crippen LogP contribution in [0.3, 0.4) is 0 Å². The van der Waals surface area contributed by atoms with Crippen LogP contribution in [0.2, 0.25) is 0 Å². The van der Waals surface area contributed by atoms with Gasteiger partial charge in [0.15, 0.2) is 0 Å². The molecule has 5 aliphatic carbocycles. The van der Waals surface area contributed by atoms with E-state index in [0.717, 1.165) is 36.2 Å². The minimum Gasteiger partial charge on any atom is -0.493 e. The Kier molecular flexibility index (Phi) is 4.14. The average molecular weight is 387 g/mol. The molecule has 0 spiro atoms. The highest BCUT2D eigenvalue weighted by Gasteiger charge is 2.58. The maximum absolute atomic E-state index is 14.6. The molecule has 6 rings (SSSR count). The summed E-state index contributed by atoms with van der Waals surface area (Å²) in [5.74, 6) is 0.811. The Balaban J connectivity index is 1.35. The molecule has 1 aromatic rings. The van der Waals surface area contributed by atoms with Gasteiger partial charge in [-0.25, -0.2) is 4.39 Å². The number of halogens is 1. The largest absolute Gasteiger partial charge is 0.493 e. The molecule has 4 bridgehead atoms. The topological polar surface area (TPSA) is 75.6 Å². The molecular weight excluding hydrogens is 361 g/mol. The highest BCUT2D eigenvalue weighted by Crippen LogP contribution is 2.65. The fraction of sp³-hybridized carbons (Fsp3) is 0.636. The summed E-state index contributed by atoms with van der Waals surface area (Å²) in [4.78, 5) is 22.8. The molecular formula is C22H26FNO4. The van der Waals surface area contributed by atoms with E-state index in [2.05, 4.69) is 5.32 Å². The van der Waals surface area contributed by atoms with Crippen molar-refractivity contribution in [1.82, 2.24) is 5.32 Å². The third-order valence-corrected chi connectivity index (χ3v) is 7.44. The molecule has 0 saturated heterocycles. The first-order valence-corrected chi connectivity index (χ1v) is 10.4. The lowest BCUT2D eigenvalue weighted by Gasteiger charge is -2.33. The minimum absolute atomic E-state index is 0.102.